The Morgan fingerprint density at radius 2 is 2.00 bits per heavy atom. The summed E-state index contributed by atoms with van der Waals surface area (Å²) in [4.78, 5) is 22.9. The molecule has 0 aliphatic heterocycles. The van der Waals surface area contributed by atoms with E-state index < -0.39 is 4.92 Å². The van der Waals surface area contributed by atoms with Crippen molar-refractivity contribution in [1.29, 1.82) is 0 Å². The molecule has 0 saturated carbocycles. The van der Waals surface area contributed by atoms with Crippen molar-refractivity contribution in [2.75, 3.05) is 0 Å². The molecule has 0 bridgehead atoms. The Kier molecular flexibility index (Phi) is 6.23. The molecular weight excluding hydrogens is 372 g/mol. The van der Waals surface area contributed by atoms with Gasteiger partial charge >= 0.3 is 0 Å². The van der Waals surface area contributed by atoms with Crippen molar-refractivity contribution in [2.45, 2.75) is 33.0 Å². The van der Waals surface area contributed by atoms with Crippen LogP contribution in [0.4, 0.5) is 5.69 Å². The molecule has 2 aromatic carbocycles. The number of carbonyl (C=O) groups excluding carboxylic acids is 1. The summed E-state index contributed by atoms with van der Waals surface area (Å²) in [5, 5.41) is 17.9. The van der Waals surface area contributed by atoms with Crippen molar-refractivity contribution >= 4 is 11.6 Å². The van der Waals surface area contributed by atoms with Crippen LogP contribution in [0.3, 0.4) is 0 Å². The largest absolute Gasteiger partial charge is 0.489 e. The van der Waals surface area contributed by atoms with Crippen LogP contribution in [0.2, 0.25) is 0 Å². The van der Waals surface area contributed by atoms with Crippen LogP contribution in [0.15, 0.2) is 60.8 Å². The molecule has 1 amide bonds. The topological polar surface area (TPSA) is 99.3 Å². The number of nitro benzene ring substituents is 1. The molecule has 1 aromatic heterocycles. The summed E-state index contributed by atoms with van der Waals surface area (Å²) in [7, 11) is 0. The van der Waals surface area contributed by atoms with Crippen molar-refractivity contribution in [3.63, 3.8) is 0 Å². The summed E-state index contributed by atoms with van der Waals surface area (Å²) in [5.41, 5.74) is 2.31. The maximum absolute atomic E-state index is 12.6. The number of hydrogen-bond acceptors (Lipinski definition) is 5. The molecule has 3 aromatic rings. The second-order valence-corrected chi connectivity index (χ2v) is 6.51. The van der Waals surface area contributed by atoms with Gasteiger partial charge in [-0.2, -0.15) is 5.10 Å². The van der Waals surface area contributed by atoms with Crippen LogP contribution in [-0.4, -0.2) is 20.6 Å². The van der Waals surface area contributed by atoms with Gasteiger partial charge in [-0.15, -0.1) is 0 Å². The quantitative estimate of drug-likeness (QED) is 0.462. The molecule has 1 unspecified atom stereocenters. The molecule has 1 N–H and O–H groups in total. The minimum absolute atomic E-state index is 0.00885. The first-order valence-corrected chi connectivity index (χ1v) is 9.26. The van der Waals surface area contributed by atoms with Crippen molar-refractivity contribution in [3.8, 4) is 5.75 Å². The molecule has 1 atom stereocenters. The van der Waals surface area contributed by atoms with Gasteiger partial charge in [0, 0.05) is 30.4 Å². The monoisotopic (exact) mass is 394 g/mol. The number of nitrogens with one attached hydrogen (secondary N) is 1. The van der Waals surface area contributed by atoms with Gasteiger partial charge < -0.3 is 10.1 Å². The summed E-state index contributed by atoms with van der Waals surface area (Å²) < 4.78 is 7.51. The fourth-order valence-corrected chi connectivity index (χ4v) is 2.96. The molecule has 0 radical (unpaired) electrons. The van der Waals surface area contributed by atoms with Gasteiger partial charge in [-0.3, -0.25) is 19.6 Å². The van der Waals surface area contributed by atoms with Crippen molar-refractivity contribution < 1.29 is 14.5 Å². The highest BCUT2D eigenvalue weighted by molar-refractivity contribution is 5.94. The number of rotatable bonds is 8. The summed E-state index contributed by atoms with van der Waals surface area (Å²) in [6.45, 7) is 4.90. The molecule has 3 rings (SSSR count). The fraction of sp³-hybridized carbons (Fsp3) is 0.238. The van der Waals surface area contributed by atoms with E-state index in [1.807, 2.05) is 30.7 Å². The average molecular weight is 394 g/mol. The molecule has 1 heterocycles. The molecule has 8 heteroatoms. The molecule has 0 fully saturated rings. The van der Waals surface area contributed by atoms with Gasteiger partial charge in [-0.1, -0.05) is 12.1 Å². The lowest BCUT2D eigenvalue weighted by atomic mass is 10.1. The zero-order valence-electron chi connectivity index (χ0n) is 16.2. The maximum Gasteiger partial charge on any atom is 0.269 e. The maximum atomic E-state index is 12.6. The highest BCUT2D eigenvalue weighted by Crippen LogP contribution is 2.19. The summed E-state index contributed by atoms with van der Waals surface area (Å²) in [6, 6.07) is 14.8. The third-order valence-corrected chi connectivity index (χ3v) is 4.48. The molecule has 150 valence electrons. The van der Waals surface area contributed by atoms with Crippen LogP contribution >= 0.6 is 0 Å². The predicted octanol–water partition coefficient (Wildman–Crippen LogP) is 3.88. The highest BCUT2D eigenvalue weighted by Gasteiger charge is 2.15. The number of aromatic nitrogens is 2. The minimum Gasteiger partial charge on any atom is -0.489 e. The van der Waals surface area contributed by atoms with Gasteiger partial charge in [0.25, 0.3) is 11.6 Å². The third-order valence-electron chi connectivity index (χ3n) is 4.48. The zero-order chi connectivity index (χ0) is 20.8. The normalized spacial score (nSPS) is 11.7. The number of ether oxygens (including phenoxy) is 1. The first kappa shape index (κ1) is 20.1. The van der Waals surface area contributed by atoms with Crippen molar-refractivity contribution in [1.82, 2.24) is 15.1 Å². The molecular formula is C21H22N4O4. The van der Waals surface area contributed by atoms with E-state index in [9.17, 15) is 14.9 Å². The number of nitrogens with zero attached hydrogens (tertiary/aromatic N) is 3. The summed E-state index contributed by atoms with van der Waals surface area (Å²) in [6.07, 6.45) is 1.72. The Balaban J connectivity index is 1.62. The zero-order valence-corrected chi connectivity index (χ0v) is 16.2. The van der Waals surface area contributed by atoms with Crippen LogP contribution in [0.5, 0.6) is 5.75 Å². The second-order valence-electron chi connectivity index (χ2n) is 6.51. The van der Waals surface area contributed by atoms with Gasteiger partial charge in [0.1, 0.15) is 12.4 Å². The summed E-state index contributed by atoms with van der Waals surface area (Å²) >= 11 is 0. The number of non-ortho nitro benzene ring substituents is 1. The van der Waals surface area contributed by atoms with E-state index in [1.54, 1.807) is 36.5 Å². The Morgan fingerprint density at radius 1 is 1.24 bits per heavy atom. The highest BCUT2D eigenvalue weighted by atomic mass is 16.6. The molecule has 0 aliphatic rings. The van der Waals surface area contributed by atoms with E-state index in [4.69, 9.17) is 4.74 Å². The van der Waals surface area contributed by atoms with Gasteiger partial charge in [0.2, 0.25) is 0 Å². The lowest BCUT2D eigenvalue weighted by Gasteiger charge is -2.16. The first-order valence-electron chi connectivity index (χ1n) is 9.26. The van der Waals surface area contributed by atoms with Crippen molar-refractivity contribution in [2.24, 2.45) is 0 Å². The lowest BCUT2D eigenvalue weighted by Crippen LogP contribution is -2.28. The van der Waals surface area contributed by atoms with Crippen LogP contribution in [0.25, 0.3) is 0 Å². The standard InChI is InChI=1S/C21H22N4O4/c1-3-24-20(11-12-22-24)15(2)23-21(26)17-6-4-5-16(13-17)14-29-19-9-7-18(8-10-19)25(27)28/h4-13,15H,3,14H2,1-2H3,(H,23,26). The number of benzene rings is 2. The Hall–Kier alpha value is -3.68. The van der Waals surface area contributed by atoms with Crippen LogP contribution in [0, 0.1) is 10.1 Å². The smallest absolute Gasteiger partial charge is 0.269 e. The van der Waals surface area contributed by atoms with Crippen LogP contribution in [0.1, 0.15) is 41.5 Å². The van der Waals surface area contributed by atoms with E-state index >= 15 is 0 Å². The van der Waals surface area contributed by atoms with Gasteiger partial charge in [-0.25, -0.2) is 0 Å². The van der Waals surface area contributed by atoms with Gasteiger partial charge in [0.15, 0.2) is 0 Å². The Morgan fingerprint density at radius 3 is 2.69 bits per heavy atom. The number of carbonyl (C=O) groups is 1. The lowest BCUT2D eigenvalue weighted by molar-refractivity contribution is -0.384. The SMILES string of the molecule is CCn1nccc1C(C)NC(=O)c1cccc(COc2ccc([N+](=O)[O-])cc2)c1. The van der Waals surface area contributed by atoms with Gasteiger partial charge in [0.05, 0.1) is 16.7 Å². The number of hydrogen-bond donors (Lipinski definition) is 1. The van der Waals surface area contributed by atoms with E-state index in [0.717, 1.165) is 17.8 Å². The van der Waals surface area contributed by atoms with Crippen LogP contribution < -0.4 is 10.1 Å². The van der Waals surface area contributed by atoms with Gasteiger partial charge in [-0.05, 0) is 49.7 Å². The first-order chi connectivity index (χ1) is 14.0. The molecule has 0 aliphatic carbocycles. The van der Waals surface area contributed by atoms with E-state index in [-0.39, 0.29) is 24.2 Å². The number of aryl methyl sites for hydroxylation is 1. The molecule has 29 heavy (non-hydrogen) atoms. The predicted molar refractivity (Wildman–Crippen MR) is 108 cm³/mol. The number of amides is 1. The second kappa shape index (κ2) is 9.01. The molecule has 0 spiro atoms. The van der Waals surface area contributed by atoms with E-state index in [2.05, 4.69) is 10.4 Å². The average Bonchev–Trinajstić information content (AvgIpc) is 3.22. The number of nitro groups is 1. The van der Waals surface area contributed by atoms with Crippen LogP contribution in [-0.2, 0) is 13.2 Å². The van der Waals surface area contributed by atoms with E-state index in [0.29, 0.717) is 11.3 Å². The van der Waals surface area contributed by atoms with Crippen molar-refractivity contribution in [3.05, 3.63) is 87.7 Å². The Labute approximate surface area is 168 Å². The minimum atomic E-state index is -0.458. The third kappa shape index (κ3) is 4.98. The fourth-order valence-electron chi connectivity index (χ4n) is 2.96. The summed E-state index contributed by atoms with van der Waals surface area (Å²) in [5.74, 6) is 0.338. The Bertz CT molecular complexity index is 998. The van der Waals surface area contributed by atoms with E-state index in [1.165, 1.54) is 12.1 Å². The molecule has 0 saturated heterocycles. The molecule has 8 nitrogen and oxygen atoms in total.